The molecule has 0 amide bonds. The maximum atomic E-state index is 4.71. The minimum atomic E-state index is 0.693. The van der Waals surface area contributed by atoms with Crippen molar-refractivity contribution in [1.29, 1.82) is 0 Å². The molecule has 0 saturated carbocycles. The summed E-state index contributed by atoms with van der Waals surface area (Å²) in [5.41, 5.74) is 9.69. The summed E-state index contributed by atoms with van der Waals surface area (Å²) in [7, 11) is 0. The first kappa shape index (κ1) is 22.8. The number of H-pyrrole nitrogens is 2. The minimum absolute atomic E-state index is 0.693. The van der Waals surface area contributed by atoms with E-state index in [1.165, 1.54) is 49.1 Å². The van der Waals surface area contributed by atoms with Gasteiger partial charge in [-0.25, -0.2) is 0 Å². The molecule has 0 spiro atoms. The van der Waals surface area contributed by atoms with E-state index in [1.807, 2.05) is 36.9 Å². The third-order valence-electron chi connectivity index (χ3n) is 7.56. The van der Waals surface area contributed by atoms with E-state index in [0.29, 0.717) is 6.54 Å². The molecule has 0 radical (unpaired) electrons. The SMILES string of the molecule is C1=NCC=C(c2ccc3[nH]nc(-c4cc5c(-c6ccncc6)cncc5[nH]4)c3c2)C=C1CN1CCCCC1. The minimum Gasteiger partial charge on any atom is -0.352 e. The molecule has 2 aliphatic rings. The maximum Gasteiger partial charge on any atom is 0.116 e. The number of benzene rings is 1. The maximum absolute atomic E-state index is 4.71. The van der Waals surface area contributed by atoms with Crippen molar-refractivity contribution in [2.75, 3.05) is 26.2 Å². The second kappa shape index (κ2) is 9.84. The van der Waals surface area contributed by atoms with Gasteiger partial charge in [0.1, 0.15) is 5.69 Å². The van der Waals surface area contributed by atoms with Crippen molar-refractivity contribution in [3.8, 4) is 22.5 Å². The summed E-state index contributed by atoms with van der Waals surface area (Å²) in [6.07, 6.45) is 17.9. The molecule has 7 nitrogen and oxygen atoms in total. The summed E-state index contributed by atoms with van der Waals surface area (Å²) >= 11 is 0. The molecule has 0 bridgehead atoms. The molecule has 5 aromatic rings. The molecule has 0 unspecified atom stereocenters. The predicted octanol–water partition coefficient (Wildman–Crippen LogP) is 6.05. The van der Waals surface area contributed by atoms with Gasteiger partial charge in [-0.05, 0) is 84.6 Å². The summed E-state index contributed by atoms with van der Waals surface area (Å²) in [6, 6.07) is 12.7. The van der Waals surface area contributed by atoms with Crippen LogP contribution in [-0.2, 0) is 0 Å². The molecule has 1 fully saturated rings. The van der Waals surface area contributed by atoms with E-state index < -0.39 is 0 Å². The Morgan fingerprint density at radius 2 is 1.74 bits per heavy atom. The van der Waals surface area contributed by atoms with Crippen LogP contribution in [0.25, 0.3) is 49.9 Å². The Balaban J connectivity index is 1.25. The number of hydrogen-bond donors (Lipinski definition) is 2. The van der Waals surface area contributed by atoms with Gasteiger partial charge in [0.15, 0.2) is 0 Å². The first-order valence-corrected chi connectivity index (χ1v) is 13.3. The van der Waals surface area contributed by atoms with Crippen LogP contribution in [0.2, 0.25) is 0 Å². The molecule has 7 rings (SSSR count). The topological polar surface area (TPSA) is 85.8 Å². The number of aromatic nitrogens is 5. The lowest BCUT2D eigenvalue weighted by Gasteiger charge is -2.26. The van der Waals surface area contributed by atoms with E-state index in [9.17, 15) is 0 Å². The lowest BCUT2D eigenvalue weighted by atomic mass is 10.00. The van der Waals surface area contributed by atoms with Crippen LogP contribution in [0.1, 0.15) is 24.8 Å². The van der Waals surface area contributed by atoms with Crippen LogP contribution < -0.4 is 0 Å². The number of allylic oxidation sites excluding steroid dienone is 2. The lowest BCUT2D eigenvalue weighted by Crippen LogP contribution is -2.31. The summed E-state index contributed by atoms with van der Waals surface area (Å²) in [6.45, 7) is 4.01. The molecule has 2 N–H and O–H groups in total. The first-order chi connectivity index (χ1) is 18.8. The van der Waals surface area contributed by atoms with Crippen molar-refractivity contribution < 1.29 is 0 Å². The number of likely N-dealkylation sites (tertiary alicyclic amines) is 1. The van der Waals surface area contributed by atoms with E-state index in [4.69, 9.17) is 5.10 Å². The number of hydrogen-bond acceptors (Lipinski definition) is 5. The molecule has 38 heavy (non-hydrogen) atoms. The average Bonchev–Trinajstić information content (AvgIpc) is 3.52. The molecule has 1 saturated heterocycles. The number of nitrogens with one attached hydrogen (secondary N) is 2. The molecule has 4 aromatic heterocycles. The highest BCUT2D eigenvalue weighted by molar-refractivity contribution is 6.01. The standard InChI is InChI=1S/C31H29N7/c1-2-12-38(13-3-1)20-21-14-24(8-11-33-17-21)23-4-5-28-26(15-23)31(37-36-28)29-16-25-27(18-34-19-30(25)35-29)22-6-9-32-10-7-22/h4-10,14-19,35H,1-3,11-13,20H2,(H,36,37). The van der Waals surface area contributed by atoms with Crippen molar-refractivity contribution in [1.82, 2.24) is 30.0 Å². The van der Waals surface area contributed by atoms with Crippen LogP contribution in [0.15, 0.2) is 83.9 Å². The van der Waals surface area contributed by atoms with Crippen molar-refractivity contribution in [2.45, 2.75) is 19.3 Å². The van der Waals surface area contributed by atoms with Gasteiger partial charge in [0, 0.05) is 47.7 Å². The third kappa shape index (κ3) is 4.35. The molecule has 188 valence electrons. The third-order valence-corrected chi connectivity index (χ3v) is 7.56. The predicted molar refractivity (Wildman–Crippen MR) is 154 cm³/mol. The van der Waals surface area contributed by atoms with Crippen LogP contribution in [0, 0.1) is 0 Å². The quantitative estimate of drug-likeness (QED) is 0.308. The normalized spacial score (nSPS) is 16.5. The van der Waals surface area contributed by atoms with E-state index in [0.717, 1.165) is 50.9 Å². The van der Waals surface area contributed by atoms with E-state index in [1.54, 1.807) is 0 Å². The van der Waals surface area contributed by atoms with Gasteiger partial charge in [-0.15, -0.1) is 0 Å². The fraction of sp³-hybridized carbons (Fsp3) is 0.226. The fourth-order valence-corrected chi connectivity index (χ4v) is 5.62. The number of aliphatic imine (C=N–C) groups is 1. The first-order valence-electron chi connectivity index (χ1n) is 13.3. The Morgan fingerprint density at radius 3 is 2.63 bits per heavy atom. The summed E-state index contributed by atoms with van der Waals surface area (Å²) < 4.78 is 0. The van der Waals surface area contributed by atoms with Gasteiger partial charge < -0.3 is 4.98 Å². The molecule has 2 aliphatic heterocycles. The Morgan fingerprint density at radius 1 is 0.842 bits per heavy atom. The van der Waals surface area contributed by atoms with Crippen molar-refractivity contribution in [2.24, 2.45) is 4.99 Å². The summed E-state index contributed by atoms with van der Waals surface area (Å²) in [5.74, 6) is 0. The van der Waals surface area contributed by atoms with E-state index in [2.05, 4.69) is 72.6 Å². The lowest BCUT2D eigenvalue weighted by molar-refractivity contribution is 0.249. The number of rotatable bonds is 5. The van der Waals surface area contributed by atoms with Crippen molar-refractivity contribution in [3.05, 3.63) is 84.5 Å². The fourth-order valence-electron chi connectivity index (χ4n) is 5.62. The highest BCUT2D eigenvalue weighted by Crippen LogP contribution is 2.34. The van der Waals surface area contributed by atoms with Crippen molar-refractivity contribution in [3.63, 3.8) is 0 Å². The highest BCUT2D eigenvalue weighted by Gasteiger charge is 2.16. The Hall–Kier alpha value is -4.36. The second-order valence-electron chi connectivity index (χ2n) is 10.1. The van der Waals surface area contributed by atoms with Gasteiger partial charge in [-0.3, -0.25) is 25.0 Å². The van der Waals surface area contributed by atoms with Gasteiger partial charge in [0.05, 0.1) is 29.5 Å². The summed E-state index contributed by atoms with van der Waals surface area (Å²) in [5, 5.41) is 10.1. The van der Waals surface area contributed by atoms with Gasteiger partial charge in [0.2, 0.25) is 0 Å². The molecule has 0 aliphatic carbocycles. The number of pyridine rings is 2. The van der Waals surface area contributed by atoms with Crippen LogP contribution in [0.4, 0.5) is 0 Å². The Labute approximate surface area is 221 Å². The van der Waals surface area contributed by atoms with Crippen LogP contribution in [0.3, 0.4) is 0 Å². The monoisotopic (exact) mass is 499 g/mol. The molecular formula is C31H29N7. The largest absolute Gasteiger partial charge is 0.352 e. The molecular weight excluding hydrogens is 470 g/mol. The van der Waals surface area contributed by atoms with Crippen LogP contribution in [0.5, 0.6) is 0 Å². The zero-order chi connectivity index (χ0) is 25.3. The van der Waals surface area contributed by atoms with Crippen molar-refractivity contribution >= 4 is 33.6 Å². The zero-order valence-corrected chi connectivity index (χ0v) is 21.2. The molecule has 6 heterocycles. The van der Waals surface area contributed by atoms with E-state index in [-0.39, 0.29) is 0 Å². The van der Waals surface area contributed by atoms with Gasteiger partial charge >= 0.3 is 0 Å². The highest BCUT2D eigenvalue weighted by atomic mass is 15.1. The second-order valence-corrected chi connectivity index (χ2v) is 10.1. The molecule has 7 heteroatoms. The summed E-state index contributed by atoms with van der Waals surface area (Å²) in [4.78, 5) is 19.4. The molecule has 0 atom stereocenters. The van der Waals surface area contributed by atoms with Gasteiger partial charge in [-0.2, -0.15) is 5.10 Å². The Kier molecular flexibility index (Phi) is 5.90. The van der Waals surface area contributed by atoms with Gasteiger partial charge in [0.25, 0.3) is 0 Å². The van der Waals surface area contributed by atoms with Gasteiger partial charge in [-0.1, -0.05) is 18.6 Å². The number of aromatic amines is 2. The zero-order valence-electron chi connectivity index (χ0n) is 21.2. The average molecular weight is 500 g/mol. The number of fused-ring (bicyclic) bond motifs is 2. The smallest absolute Gasteiger partial charge is 0.116 e. The number of nitrogens with zero attached hydrogens (tertiary/aromatic N) is 5. The Bertz CT molecular complexity index is 1700. The number of piperidine rings is 1. The van der Waals surface area contributed by atoms with Crippen LogP contribution in [-0.4, -0.2) is 62.4 Å². The van der Waals surface area contributed by atoms with E-state index >= 15 is 0 Å². The van der Waals surface area contributed by atoms with Crippen LogP contribution >= 0.6 is 0 Å². The molecule has 1 aromatic carbocycles.